The zero-order valence-corrected chi connectivity index (χ0v) is 16.4. The van der Waals surface area contributed by atoms with E-state index < -0.39 is 5.60 Å². The van der Waals surface area contributed by atoms with E-state index in [4.69, 9.17) is 4.74 Å². The Kier molecular flexibility index (Phi) is 5.52. The zero-order chi connectivity index (χ0) is 18.7. The van der Waals surface area contributed by atoms with Crippen LogP contribution in [0.15, 0.2) is 42.5 Å². The van der Waals surface area contributed by atoms with Gasteiger partial charge in [0.2, 0.25) is 0 Å². The van der Waals surface area contributed by atoms with Crippen LogP contribution in [0.3, 0.4) is 0 Å². The summed E-state index contributed by atoms with van der Waals surface area (Å²) in [5, 5.41) is 2.63. The number of nitrogens with zero attached hydrogens (tertiary/aromatic N) is 2. The van der Waals surface area contributed by atoms with E-state index in [-0.39, 0.29) is 12.1 Å². The molecule has 26 heavy (non-hydrogen) atoms. The summed E-state index contributed by atoms with van der Waals surface area (Å²) in [5.41, 5.74) is 0.933. The standard InChI is InChI=1S/C22H30N2O2/c1-22(2,3)26-21(25)23(4)19-12-14-24(15-13-19)16-18-10-7-9-17-8-5-6-11-20(17)18/h5-11,19H,12-16H2,1-4H3. The van der Waals surface area contributed by atoms with E-state index in [0.29, 0.717) is 0 Å². The molecule has 0 aromatic heterocycles. The first-order valence-electron chi connectivity index (χ1n) is 9.48. The SMILES string of the molecule is CN(C(=O)OC(C)(C)C)C1CCN(Cc2cccc3ccccc23)CC1. The molecule has 0 unspecified atom stereocenters. The van der Waals surface area contributed by atoms with E-state index in [1.54, 1.807) is 4.90 Å². The van der Waals surface area contributed by atoms with Gasteiger partial charge in [0.1, 0.15) is 5.60 Å². The summed E-state index contributed by atoms with van der Waals surface area (Å²) in [6, 6.07) is 15.4. The van der Waals surface area contributed by atoms with Crippen LogP contribution in [0.2, 0.25) is 0 Å². The van der Waals surface area contributed by atoms with Gasteiger partial charge in [0.25, 0.3) is 0 Å². The van der Waals surface area contributed by atoms with Crippen molar-refractivity contribution in [1.82, 2.24) is 9.80 Å². The quantitative estimate of drug-likeness (QED) is 0.803. The molecule has 0 spiro atoms. The molecular weight excluding hydrogens is 324 g/mol. The lowest BCUT2D eigenvalue weighted by molar-refractivity contribution is 0.0149. The van der Waals surface area contributed by atoms with Gasteiger partial charge >= 0.3 is 6.09 Å². The highest BCUT2D eigenvalue weighted by molar-refractivity contribution is 5.85. The van der Waals surface area contributed by atoms with Crippen LogP contribution in [-0.2, 0) is 11.3 Å². The minimum Gasteiger partial charge on any atom is -0.444 e. The molecule has 0 aliphatic carbocycles. The molecule has 0 bridgehead atoms. The van der Waals surface area contributed by atoms with Crippen molar-refractivity contribution in [3.05, 3.63) is 48.0 Å². The number of hydrogen-bond donors (Lipinski definition) is 0. The van der Waals surface area contributed by atoms with Gasteiger partial charge in [-0.1, -0.05) is 42.5 Å². The average molecular weight is 354 g/mol. The molecule has 1 aliphatic rings. The molecular formula is C22H30N2O2. The van der Waals surface area contributed by atoms with Crippen molar-refractivity contribution >= 4 is 16.9 Å². The van der Waals surface area contributed by atoms with Crippen LogP contribution >= 0.6 is 0 Å². The molecule has 1 amide bonds. The van der Waals surface area contributed by atoms with E-state index in [2.05, 4.69) is 47.4 Å². The molecule has 4 nitrogen and oxygen atoms in total. The molecule has 140 valence electrons. The van der Waals surface area contributed by atoms with Crippen LogP contribution in [0.5, 0.6) is 0 Å². The topological polar surface area (TPSA) is 32.8 Å². The van der Waals surface area contributed by atoms with E-state index >= 15 is 0 Å². The minimum absolute atomic E-state index is 0.218. The van der Waals surface area contributed by atoms with E-state index in [9.17, 15) is 4.79 Å². The van der Waals surface area contributed by atoms with Gasteiger partial charge in [0.05, 0.1) is 0 Å². The monoisotopic (exact) mass is 354 g/mol. The number of carbonyl (C=O) groups excluding carboxylic acids is 1. The highest BCUT2D eigenvalue weighted by atomic mass is 16.6. The largest absolute Gasteiger partial charge is 0.444 e. The van der Waals surface area contributed by atoms with Gasteiger partial charge in [-0.05, 0) is 49.9 Å². The third-order valence-corrected chi connectivity index (χ3v) is 5.06. The lowest BCUT2D eigenvalue weighted by Crippen LogP contribution is -2.46. The minimum atomic E-state index is -0.444. The average Bonchev–Trinajstić information content (AvgIpc) is 2.61. The van der Waals surface area contributed by atoms with Gasteiger partial charge in [-0.3, -0.25) is 4.90 Å². The van der Waals surface area contributed by atoms with Gasteiger partial charge in [0.15, 0.2) is 0 Å². The smallest absolute Gasteiger partial charge is 0.410 e. The number of ether oxygens (including phenoxy) is 1. The summed E-state index contributed by atoms with van der Waals surface area (Å²) in [5.74, 6) is 0. The van der Waals surface area contributed by atoms with Crippen LogP contribution < -0.4 is 0 Å². The molecule has 1 heterocycles. The molecule has 0 radical (unpaired) electrons. The molecule has 1 aliphatic heterocycles. The first-order valence-corrected chi connectivity index (χ1v) is 9.48. The van der Waals surface area contributed by atoms with Crippen LogP contribution in [-0.4, -0.2) is 47.7 Å². The number of benzene rings is 2. The summed E-state index contributed by atoms with van der Waals surface area (Å²) in [4.78, 5) is 16.5. The fourth-order valence-corrected chi connectivity index (χ4v) is 3.62. The number of amides is 1. The van der Waals surface area contributed by atoms with Crippen LogP contribution in [0.1, 0.15) is 39.2 Å². The number of hydrogen-bond acceptors (Lipinski definition) is 3. The van der Waals surface area contributed by atoms with Crippen molar-refractivity contribution in [1.29, 1.82) is 0 Å². The second-order valence-electron chi connectivity index (χ2n) is 8.24. The van der Waals surface area contributed by atoms with Crippen molar-refractivity contribution in [2.45, 2.75) is 51.8 Å². The van der Waals surface area contributed by atoms with E-state index in [1.165, 1.54) is 16.3 Å². The fourth-order valence-electron chi connectivity index (χ4n) is 3.62. The Morgan fingerprint density at radius 2 is 1.77 bits per heavy atom. The van der Waals surface area contributed by atoms with Gasteiger partial charge in [0, 0.05) is 32.7 Å². The van der Waals surface area contributed by atoms with Crippen molar-refractivity contribution in [3.8, 4) is 0 Å². The number of rotatable bonds is 3. The second-order valence-corrected chi connectivity index (χ2v) is 8.24. The second kappa shape index (κ2) is 7.67. The first kappa shape index (κ1) is 18.7. The fraction of sp³-hybridized carbons (Fsp3) is 0.500. The molecule has 1 saturated heterocycles. The first-order chi connectivity index (χ1) is 12.3. The summed E-state index contributed by atoms with van der Waals surface area (Å²) < 4.78 is 5.50. The van der Waals surface area contributed by atoms with Crippen LogP contribution in [0.4, 0.5) is 4.79 Å². The van der Waals surface area contributed by atoms with Crippen molar-refractivity contribution in [2.24, 2.45) is 0 Å². The Hall–Kier alpha value is -2.07. The molecule has 1 fully saturated rings. The van der Waals surface area contributed by atoms with Crippen molar-refractivity contribution in [2.75, 3.05) is 20.1 Å². The predicted molar refractivity (Wildman–Crippen MR) is 106 cm³/mol. The number of fused-ring (bicyclic) bond motifs is 1. The van der Waals surface area contributed by atoms with Crippen molar-refractivity contribution < 1.29 is 9.53 Å². The molecule has 3 rings (SSSR count). The highest BCUT2D eigenvalue weighted by Gasteiger charge is 2.28. The van der Waals surface area contributed by atoms with E-state index in [1.807, 2.05) is 27.8 Å². The number of piperidine rings is 1. The lowest BCUT2D eigenvalue weighted by atomic mass is 10.0. The van der Waals surface area contributed by atoms with Gasteiger partial charge in [-0.15, -0.1) is 0 Å². The Labute approximate surface area is 156 Å². The van der Waals surface area contributed by atoms with Crippen LogP contribution in [0, 0.1) is 0 Å². The maximum Gasteiger partial charge on any atom is 0.410 e. The Morgan fingerprint density at radius 3 is 2.46 bits per heavy atom. The molecule has 0 N–H and O–H groups in total. The third-order valence-electron chi connectivity index (χ3n) is 5.06. The molecule has 0 saturated carbocycles. The lowest BCUT2D eigenvalue weighted by Gasteiger charge is -2.37. The Bertz CT molecular complexity index is 753. The summed E-state index contributed by atoms with van der Waals surface area (Å²) in [7, 11) is 1.86. The summed E-state index contributed by atoms with van der Waals surface area (Å²) in [6.45, 7) is 8.69. The molecule has 4 heteroatoms. The molecule has 2 aromatic rings. The maximum absolute atomic E-state index is 12.3. The van der Waals surface area contributed by atoms with Gasteiger partial charge in [-0.2, -0.15) is 0 Å². The van der Waals surface area contributed by atoms with Gasteiger partial charge in [-0.25, -0.2) is 4.79 Å². The Morgan fingerprint density at radius 1 is 1.12 bits per heavy atom. The summed E-state index contributed by atoms with van der Waals surface area (Å²) in [6.07, 6.45) is 1.76. The molecule has 0 atom stereocenters. The third kappa shape index (κ3) is 4.55. The zero-order valence-electron chi connectivity index (χ0n) is 16.4. The van der Waals surface area contributed by atoms with Crippen molar-refractivity contribution in [3.63, 3.8) is 0 Å². The van der Waals surface area contributed by atoms with Crippen LogP contribution in [0.25, 0.3) is 10.8 Å². The highest BCUT2D eigenvalue weighted by Crippen LogP contribution is 2.23. The maximum atomic E-state index is 12.3. The van der Waals surface area contributed by atoms with E-state index in [0.717, 1.165) is 32.5 Å². The predicted octanol–water partition coefficient (Wildman–Crippen LogP) is 4.67. The molecule has 2 aromatic carbocycles. The Balaban J connectivity index is 1.58. The number of carbonyl (C=O) groups is 1. The van der Waals surface area contributed by atoms with Gasteiger partial charge < -0.3 is 9.64 Å². The summed E-state index contributed by atoms with van der Waals surface area (Å²) >= 11 is 0. The number of likely N-dealkylation sites (tertiary alicyclic amines) is 1. The normalized spacial score (nSPS) is 16.6.